The van der Waals surface area contributed by atoms with Crippen LogP contribution in [-0.4, -0.2) is 41.6 Å². The zero-order valence-corrected chi connectivity index (χ0v) is 12.5. The Morgan fingerprint density at radius 2 is 2.12 bits per heavy atom. The standard InChI is InChI=1S/C14H30N2S/c1-3-13-8-6-5-7-10-16(13)14(12-15)9-11-17-4-2/h13-14H,3-12,15H2,1-2H3. The number of hydrogen-bond donors (Lipinski definition) is 1. The lowest BCUT2D eigenvalue weighted by molar-refractivity contribution is 0.133. The molecule has 1 fully saturated rings. The van der Waals surface area contributed by atoms with Crippen LogP contribution < -0.4 is 5.73 Å². The molecule has 0 spiro atoms. The van der Waals surface area contributed by atoms with E-state index in [-0.39, 0.29) is 0 Å². The van der Waals surface area contributed by atoms with E-state index in [2.05, 4.69) is 18.7 Å². The highest BCUT2D eigenvalue weighted by Gasteiger charge is 2.25. The van der Waals surface area contributed by atoms with Gasteiger partial charge in [-0.15, -0.1) is 0 Å². The van der Waals surface area contributed by atoms with Crippen molar-refractivity contribution < 1.29 is 0 Å². The van der Waals surface area contributed by atoms with Crippen LogP contribution >= 0.6 is 11.8 Å². The SMILES string of the molecule is CCSCCC(CN)N1CCCCCC1CC. The molecule has 1 heterocycles. The first kappa shape index (κ1) is 15.3. The van der Waals surface area contributed by atoms with E-state index in [1.807, 2.05) is 11.8 Å². The molecule has 1 saturated heterocycles. The van der Waals surface area contributed by atoms with Gasteiger partial charge in [0.25, 0.3) is 0 Å². The maximum Gasteiger partial charge on any atom is 0.0229 e. The summed E-state index contributed by atoms with van der Waals surface area (Å²) in [5.74, 6) is 2.50. The molecule has 1 aliphatic heterocycles. The number of thioether (sulfide) groups is 1. The Morgan fingerprint density at radius 3 is 2.76 bits per heavy atom. The van der Waals surface area contributed by atoms with Crippen molar-refractivity contribution in [2.24, 2.45) is 5.73 Å². The minimum atomic E-state index is 0.622. The number of rotatable bonds is 7. The molecule has 0 aromatic heterocycles. The van der Waals surface area contributed by atoms with Crippen LogP contribution in [0.1, 0.15) is 52.4 Å². The van der Waals surface area contributed by atoms with Crippen LogP contribution in [0.5, 0.6) is 0 Å². The molecule has 1 rings (SSSR count). The fourth-order valence-electron chi connectivity index (χ4n) is 2.90. The summed E-state index contributed by atoms with van der Waals surface area (Å²) < 4.78 is 0. The van der Waals surface area contributed by atoms with Gasteiger partial charge in [-0.1, -0.05) is 26.7 Å². The van der Waals surface area contributed by atoms with Crippen LogP contribution in [0.2, 0.25) is 0 Å². The number of likely N-dealkylation sites (tertiary alicyclic amines) is 1. The van der Waals surface area contributed by atoms with Gasteiger partial charge in [-0.05, 0) is 43.7 Å². The molecule has 2 N–H and O–H groups in total. The number of nitrogens with two attached hydrogens (primary N) is 1. The second-order valence-corrected chi connectivity index (χ2v) is 6.42. The summed E-state index contributed by atoms with van der Waals surface area (Å²) in [6.07, 6.45) is 8.13. The molecule has 1 aliphatic rings. The molecule has 3 heteroatoms. The molecule has 0 aromatic carbocycles. The van der Waals surface area contributed by atoms with Crippen LogP contribution in [0.15, 0.2) is 0 Å². The van der Waals surface area contributed by atoms with Gasteiger partial charge in [-0.2, -0.15) is 11.8 Å². The van der Waals surface area contributed by atoms with Gasteiger partial charge >= 0.3 is 0 Å². The molecule has 0 bridgehead atoms. The van der Waals surface area contributed by atoms with Gasteiger partial charge in [0.1, 0.15) is 0 Å². The maximum atomic E-state index is 6.00. The van der Waals surface area contributed by atoms with E-state index >= 15 is 0 Å². The summed E-state index contributed by atoms with van der Waals surface area (Å²) in [7, 11) is 0. The third kappa shape index (κ3) is 5.19. The lowest BCUT2D eigenvalue weighted by atomic mass is 10.0. The van der Waals surface area contributed by atoms with E-state index in [9.17, 15) is 0 Å². The van der Waals surface area contributed by atoms with E-state index in [1.54, 1.807) is 0 Å². The zero-order valence-electron chi connectivity index (χ0n) is 11.7. The molecule has 102 valence electrons. The average Bonchev–Trinajstić information content (AvgIpc) is 2.60. The smallest absolute Gasteiger partial charge is 0.0229 e. The Hall–Kier alpha value is 0.270. The van der Waals surface area contributed by atoms with Gasteiger partial charge in [0, 0.05) is 18.6 Å². The van der Waals surface area contributed by atoms with Gasteiger partial charge in [-0.25, -0.2) is 0 Å². The molecule has 2 atom stereocenters. The topological polar surface area (TPSA) is 29.3 Å². The largest absolute Gasteiger partial charge is 0.329 e. The summed E-state index contributed by atoms with van der Waals surface area (Å²) in [6.45, 7) is 6.68. The van der Waals surface area contributed by atoms with Gasteiger partial charge in [0.2, 0.25) is 0 Å². The van der Waals surface area contributed by atoms with E-state index in [0.717, 1.165) is 12.6 Å². The van der Waals surface area contributed by atoms with E-state index in [1.165, 1.54) is 56.6 Å². The first-order chi connectivity index (χ1) is 8.33. The highest BCUT2D eigenvalue weighted by atomic mass is 32.2. The first-order valence-corrected chi connectivity index (χ1v) is 8.52. The average molecular weight is 258 g/mol. The van der Waals surface area contributed by atoms with E-state index < -0.39 is 0 Å². The van der Waals surface area contributed by atoms with Crippen molar-refractivity contribution in [3.8, 4) is 0 Å². The first-order valence-electron chi connectivity index (χ1n) is 7.37. The summed E-state index contributed by atoms with van der Waals surface area (Å²) >= 11 is 2.05. The normalized spacial score (nSPS) is 24.5. The molecule has 0 aliphatic carbocycles. The second-order valence-electron chi connectivity index (χ2n) is 5.02. The summed E-state index contributed by atoms with van der Waals surface area (Å²) in [4.78, 5) is 2.73. The molecule has 0 aromatic rings. The predicted molar refractivity (Wildman–Crippen MR) is 79.7 cm³/mol. The summed E-state index contributed by atoms with van der Waals surface area (Å²) in [5.41, 5.74) is 6.00. The monoisotopic (exact) mass is 258 g/mol. The Morgan fingerprint density at radius 1 is 1.29 bits per heavy atom. The van der Waals surface area contributed by atoms with Crippen LogP contribution in [0, 0.1) is 0 Å². The minimum absolute atomic E-state index is 0.622. The molecule has 17 heavy (non-hydrogen) atoms. The van der Waals surface area contributed by atoms with Crippen molar-refractivity contribution >= 4 is 11.8 Å². The van der Waals surface area contributed by atoms with Crippen molar-refractivity contribution in [1.29, 1.82) is 0 Å². The quantitative estimate of drug-likeness (QED) is 0.712. The third-order valence-electron chi connectivity index (χ3n) is 3.93. The van der Waals surface area contributed by atoms with Crippen molar-refractivity contribution in [2.45, 2.75) is 64.5 Å². The molecule has 0 saturated carbocycles. The predicted octanol–water partition coefficient (Wildman–Crippen LogP) is 3.11. The Kier molecular flexibility index (Phi) is 8.33. The highest BCUT2D eigenvalue weighted by Crippen LogP contribution is 2.23. The summed E-state index contributed by atoms with van der Waals surface area (Å²) in [5, 5.41) is 0. The van der Waals surface area contributed by atoms with E-state index in [0.29, 0.717) is 6.04 Å². The fourth-order valence-corrected chi connectivity index (χ4v) is 3.63. The Bertz CT molecular complexity index is 187. The molecular formula is C14H30N2S. The van der Waals surface area contributed by atoms with Crippen LogP contribution in [0.3, 0.4) is 0 Å². The molecular weight excluding hydrogens is 228 g/mol. The van der Waals surface area contributed by atoms with Crippen molar-refractivity contribution in [2.75, 3.05) is 24.6 Å². The number of nitrogens with zero attached hydrogens (tertiary/aromatic N) is 1. The number of hydrogen-bond acceptors (Lipinski definition) is 3. The van der Waals surface area contributed by atoms with Gasteiger partial charge in [-0.3, -0.25) is 4.90 Å². The third-order valence-corrected chi connectivity index (χ3v) is 4.87. The van der Waals surface area contributed by atoms with Crippen molar-refractivity contribution in [3.63, 3.8) is 0 Å². The lowest BCUT2D eigenvalue weighted by Gasteiger charge is -2.36. The minimum Gasteiger partial charge on any atom is -0.329 e. The van der Waals surface area contributed by atoms with Crippen LogP contribution in [0.25, 0.3) is 0 Å². The van der Waals surface area contributed by atoms with Gasteiger partial charge < -0.3 is 5.73 Å². The molecule has 2 unspecified atom stereocenters. The molecule has 0 radical (unpaired) electrons. The highest BCUT2D eigenvalue weighted by molar-refractivity contribution is 7.99. The Labute approximate surface area is 112 Å². The van der Waals surface area contributed by atoms with Crippen molar-refractivity contribution in [3.05, 3.63) is 0 Å². The second kappa shape index (κ2) is 9.23. The van der Waals surface area contributed by atoms with Crippen LogP contribution in [-0.2, 0) is 0 Å². The fraction of sp³-hybridized carbons (Fsp3) is 1.00. The molecule has 2 nitrogen and oxygen atoms in total. The van der Waals surface area contributed by atoms with Crippen LogP contribution in [0.4, 0.5) is 0 Å². The van der Waals surface area contributed by atoms with Crippen molar-refractivity contribution in [1.82, 2.24) is 4.90 Å². The Balaban J connectivity index is 2.49. The summed E-state index contributed by atoms with van der Waals surface area (Å²) in [6, 6.07) is 1.41. The molecule has 0 amide bonds. The lowest BCUT2D eigenvalue weighted by Crippen LogP contribution is -2.46. The van der Waals surface area contributed by atoms with E-state index in [4.69, 9.17) is 5.73 Å². The van der Waals surface area contributed by atoms with Gasteiger partial charge in [0.05, 0.1) is 0 Å². The zero-order chi connectivity index (χ0) is 12.5. The van der Waals surface area contributed by atoms with Gasteiger partial charge in [0.15, 0.2) is 0 Å². The maximum absolute atomic E-state index is 6.00.